The molecule has 13 heavy (non-hydrogen) atoms. The summed E-state index contributed by atoms with van der Waals surface area (Å²) in [5.41, 5.74) is 2.13. The van der Waals surface area contributed by atoms with Crippen molar-refractivity contribution in [2.24, 2.45) is 0 Å². The Morgan fingerprint density at radius 1 is 1.23 bits per heavy atom. The zero-order chi connectivity index (χ0) is 9.68. The van der Waals surface area contributed by atoms with Crippen molar-refractivity contribution in [2.75, 3.05) is 0 Å². The fraction of sp³-hybridized carbons (Fsp3) is 0.111. The van der Waals surface area contributed by atoms with Crippen LogP contribution in [0, 0.1) is 8.97 Å². The van der Waals surface area contributed by atoms with E-state index in [1.165, 1.54) is 19.2 Å². The second-order valence-electron chi connectivity index (χ2n) is 2.33. The van der Waals surface area contributed by atoms with Gasteiger partial charge in [0.1, 0.15) is 0 Å². The van der Waals surface area contributed by atoms with Gasteiger partial charge in [0.25, 0.3) is 0 Å². The first kappa shape index (κ1) is 10.5. The molecule has 0 saturated carbocycles. The van der Waals surface area contributed by atoms with E-state index in [1.807, 2.05) is 31.2 Å². The summed E-state index contributed by atoms with van der Waals surface area (Å²) in [6.45, 7) is 1.91. The summed E-state index contributed by atoms with van der Waals surface area (Å²) in [5, 5.41) is 0. The summed E-state index contributed by atoms with van der Waals surface area (Å²) in [6.07, 6.45) is 0. The van der Waals surface area contributed by atoms with Gasteiger partial charge in [-0.15, -0.1) is 0 Å². The maximum absolute atomic E-state index is 4.90. The number of H-pyrrole nitrogens is 2. The summed E-state index contributed by atoms with van der Waals surface area (Å²) in [4.78, 5) is 6.04. The van der Waals surface area contributed by atoms with Crippen molar-refractivity contribution in [1.29, 1.82) is 0 Å². The van der Waals surface area contributed by atoms with Gasteiger partial charge in [0.2, 0.25) is 0 Å². The van der Waals surface area contributed by atoms with Crippen molar-refractivity contribution in [1.82, 2.24) is 9.97 Å². The average molecular weight is 361 g/mol. The molecule has 2 N–H and O–H groups in total. The molecule has 1 aromatic heterocycles. The molecule has 2 aromatic rings. The minimum Gasteiger partial charge on any atom is -0.331 e. The summed E-state index contributed by atoms with van der Waals surface area (Å²) in [7, 11) is 0. The number of benzene rings is 1. The van der Waals surface area contributed by atoms with Crippen LogP contribution in [0.15, 0.2) is 24.3 Å². The van der Waals surface area contributed by atoms with Gasteiger partial charge in [-0.25, -0.2) is 0 Å². The molecule has 0 spiro atoms. The van der Waals surface area contributed by atoms with E-state index < -0.39 is 0 Å². The van der Waals surface area contributed by atoms with Crippen molar-refractivity contribution >= 4 is 23.3 Å². The van der Waals surface area contributed by atoms with E-state index in [-0.39, 0.29) is 0 Å². The van der Waals surface area contributed by atoms with Gasteiger partial charge >= 0.3 is 30.3 Å². The average Bonchev–Trinajstić information content (AvgIpc) is 2.45. The molecule has 0 fully saturated rings. The van der Waals surface area contributed by atoms with Gasteiger partial charge in [-0.2, -0.15) is 0 Å². The Kier molecular flexibility index (Phi) is 4.17. The number of hydrogen-bond donors (Lipinski definition) is 2. The Hall–Kier alpha value is -0.622. The molecular formula is C9H9N2SW. The van der Waals surface area contributed by atoms with E-state index in [9.17, 15) is 0 Å². The Balaban J connectivity index is 0.000000251. The number of aromatic amines is 2. The first-order valence-corrected chi connectivity index (χ1v) is 5.61. The molecule has 0 amide bonds. The quantitative estimate of drug-likeness (QED) is 0.695. The fourth-order valence-corrected chi connectivity index (χ4v) is 1.20. The monoisotopic (exact) mass is 361 g/mol. The van der Waals surface area contributed by atoms with Crippen LogP contribution in [0.2, 0.25) is 0 Å². The third-order valence-electron chi connectivity index (χ3n) is 1.42. The number of aromatic nitrogens is 2. The molecule has 4 heteroatoms. The second-order valence-corrected chi connectivity index (χ2v) is 4.20. The predicted octanol–water partition coefficient (Wildman–Crippen LogP) is 2.74. The molecule has 0 aliphatic heterocycles. The summed E-state index contributed by atoms with van der Waals surface area (Å²) < 4.78 is 3.52. The first-order valence-electron chi connectivity index (χ1n) is 3.74. The van der Waals surface area contributed by atoms with Crippen LogP contribution in [0.25, 0.3) is 11.0 Å². The summed E-state index contributed by atoms with van der Waals surface area (Å²) >= 11 is 6.32. The van der Waals surface area contributed by atoms with Gasteiger partial charge in [-0.05, 0) is 24.4 Å². The van der Waals surface area contributed by atoms with Crippen LogP contribution in [0.1, 0.15) is 6.92 Å². The van der Waals surface area contributed by atoms with Crippen molar-refractivity contribution in [2.45, 2.75) is 6.92 Å². The van der Waals surface area contributed by atoms with Crippen molar-refractivity contribution in [3.8, 4) is 4.20 Å². The van der Waals surface area contributed by atoms with Crippen molar-refractivity contribution in [3.05, 3.63) is 29.0 Å². The maximum Gasteiger partial charge on any atom is 0.175 e. The Labute approximate surface area is 92.4 Å². The largest absolute Gasteiger partial charge is 0.331 e. The van der Waals surface area contributed by atoms with Crippen molar-refractivity contribution in [3.63, 3.8) is 0 Å². The molecule has 0 atom stereocenters. The number of rotatable bonds is 0. The van der Waals surface area contributed by atoms with Crippen LogP contribution in [0.3, 0.4) is 0 Å². The van der Waals surface area contributed by atoms with Crippen LogP contribution < -0.4 is 0 Å². The first-order chi connectivity index (χ1) is 6.27. The van der Waals surface area contributed by atoms with Crippen LogP contribution in [-0.2, 0) is 19.2 Å². The normalized spacial score (nSPS) is 8.62. The minimum absolute atomic E-state index is 0.682. The van der Waals surface area contributed by atoms with E-state index in [4.69, 9.17) is 12.2 Å². The molecule has 0 aliphatic carbocycles. The van der Waals surface area contributed by atoms with E-state index in [0.29, 0.717) is 4.77 Å². The van der Waals surface area contributed by atoms with E-state index in [2.05, 4.69) is 14.2 Å². The van der Waals surface area contributed by atoms with E-state index in [0.717, 1.165) is 11.0 Å². The molecule has 2 nitrogen and oxygen atoms in total. The number of hydrogen-bond acceptors (Lipinski definition) is 1. The number of imidazole rings is 1. The molecule has 0 radical (unpaired) electrons. The van der Waals surface area contributed by atoms with E-state index >= 15 is 0 Å². The number of fused-ring (bicyclic) bond motifs is 1. The molecule has 0 aliphatic rings. The molecule has 1 heterocycles. The molecule has 0 bridgehead atoms. The summed E-state index contributed by atoms with van der Waals surface area (Å²) in [6, 6.07) is 7.92. The zero-order valence-electron chi connectivity index (χ0n) is 7.13. The van der Waals surface area contributed by atoms with Gasteiger partial charge in [0.15, 0.2) is 4.77 Å². The smallest absolute Gasteiger partial charge is 0.175 e. The van der Waals surface area contributed by atoms with Crippen LogP contribution in [0.4, 0.5) is 0 Å². The standard InChI is InChI=1S/C7H6N2S.C2H3.W/c10-7-8-5-3-1-2-4-6(5)9-7;1-2;/h1-4H,(H2,8,9,10);1H3;. The van der Waals surface area contributed by atoms with Crippen LogP contribution >= 0.6 is 12.2 Å². The molecule has 0 unspecified atom stereocenters. The zero-order valence-corrected chi connectivity index (χ0v) is 10.9. The topological polar surface area (TPSA) is 31.6 Å². The molecule has 0 saturated heterocycles. The second kappa shape index (κ2) is 5.18. The van der Waals surface area contributed by atoms with Gasteiger partial charge < -0.3 is 9.97 Å². The van der Waals surface area contributed by atoms with E-state index in [1.54, 1.807) is 0 Å². The van der Waals surface area contributed by atoms with Crippen LogP contribution in [-0.4, -0.2) is 9.97 Å². The van der Waals surface area contributed by atoms with Crippen LogP contribution in [0.5, 0.6) is 0 Å². The van der Waals surface area contributed by atoms with Crippen molar-refractivity contribution < 1.29 is 19.2 Å². The Morgan fingerprint density at radius 2 is 1.62 bits per heavy atom. The maximum atomic E-state index is 4.90. The Bertz CT molecular complexity index is 442. The minimum atomic E-state index is 0.682. The summed E-state index contributed by atoms with van der Waals surface area (Å²) in [5.74, 6) is 0. The predicted molar refractivity (Wildman–Crippen MR) is 53.0 cm³/mol. The van der Waals surface area contributed by atoms with Gasteiger partial charge in [0, 0.05) is 0 Å². The molecular weight excluding hydrogens is 352 g/mol. The fourth-order valence-electron chi connectivity index (χ4n) is 0.977. The van der Waals surface area contributed by atoms with Gasteiger partial charge in [-0.3, -0.25) is 0 Å². The molecule has 67 valence electrons. The number of nitrogens with one attached hydrogen (secondary N) is 2. The number of para-hydroxylation sites is 2. The third-order valence-corrected chi connectivity index (χ3v) is 1.63. The Morgan fingerprint density at radius 3 is 2.00 bits per heavy atom. The molecule has 1 aromatic carbocycles. The van der Waals surface area contributed by atoms with Gasteiger partial charge in [0.05, 0.1) is 11.0 Å². The third kappa shape index (κ3) is 2.96. The SMILES string of the molecule is C[C]#[W].S=c1[nH]c2ccccc2[nH]1. The van der Waals surface area contributed by atoms with Gasteiger partial charge in [-0.1, -0.05) is 12.1 Å². The molecule has 2 rings (SSSR count).